The maximum atomic E-state index is 3.85. The Labute approximate surface area is 95.7 Å². The number of rotatable bonds is 8. The quantitative estimate of drug-likeness (QED) is 0.622. The van der Waals surface area contributed by atoms with Gasteiger partial charge in [-0.15, -0.1) is 6.58 Å². The predicted octanol–water partition coefficient (Wildman–Crippen LogP) is 2.66. The lowest BCUT2D eigenvalue weighted by molar-refractivity contribution is 0.0740. The lowest BCUT2D eigenvalue weighted by Gasteiger charge is -2.45. The molecule has 0 aromatic carbocycles. The minimum Gasteiger partial charge on any atom is -0.315 e. The molecule has 1 N–H and O–H groups in total. The highest BCUT2D eigenvalue weighted by molar-refractivity contribution is 4.98. The first kappa shape index (κ1) is 14.7. The Hall–Kier alpha value is -0.340. The molecule has 2 heteroatoms. The molecule has 90 valence electrons. The Bertz CT molecular complexity index is 175. The van der Waals surface area contributed by atoms with E-state index in [1.807, 2.05) is 13.1 Å². The van der Waals surface area contributed by atoms with Crippen LogP contribution in [0.3, 0.4) is 0 Å². The Balaban J connectivity index is 4.83. The van der Waals surface area contributed by atoms with E-state index in [1.165, 1.54) is 0 Å². The van der Waals surface area contributed by atoms with E-state index in [1.54, 1.807) is 0 Å². The van der Waals surface area contributed by atoms with Gasteiger partial charge in [-0.3, -0.25) is 4.90 Å². The molecule has 0 fully saturated rings. The Morgan fingerprint density at radius 2 is 1.87 bits per heavy atom. The summed E-state index contributed by atoms with van der Waals surface area (Å²) in [5.74, 6) is 0. The number of hydrogen-bond donors (Lipinski definition) is 1. The van der Waals surface area contributed by atoms with Crippen molar-refractivity contribution in [3.63, 3.8) is 0 Å². The second-order valence-corrected chi connectivity index (χ2v) is 4.25. The van der Waals surface area contributed by atoms with Crippen molar-refractivity contribution in [1.82, 2.24) is 10.2 Å². The summed E-state index contributed by atoms with van der Waals surface area (Å²) in [6.45, 7) is 15.2. The first-order valence-corrected chi connectivity index (χ1v) is 6.13. The average molecular weight is 212 g/mol. The Morgan fingerprint density at radius 1 is 1.33 bits per heavy atom. The van der Waals surface area contributed by atoms with Gasteiger partial charge in [0.2, 0.25) is 0 Å². The van der Waals surface area contributed by atoms with Gasteiger partial charge in [0.25, 0.3) is 0 Å². The molecule has 0 radical (unpaired) electrons. The molecule has 0 aliphatic carbocycles. The van der Waals surface area contributed by atoms with Crippen LogP contribution in [0.2, 0.25) is 0 Å². The first-order valence-electron chi connectivity index (χ1n) is 6.13. The highest BCUT2D eigenvalue weighted by Gasteiger charge is 2.35. The van der Waals surface area contributed by atoms with Gasteiger partial charge in [0.05, 0.1) is 0 Å². The Morgan fingerprint density at radius 3 is 2.13 bits per heavy atom. The van der Waals surface area contributed by atoms with Crippen LogP contribution in [0.25, 0.3) is 0 Å². The fourth-order valence-electron chi connectivity index (χ4n) is 2.49. The molecule has 0 bridgehead atoms. The van der Waals surface area contributed by atoms with Gasteiger partial charge < -0.3 is 5.32 Å². The van der Waals surface area contributed by atoms with E-state index in [4.69, 9.17) is 0 Å². The molecule has 0 aromatic heterocycles. The third-order valence-corrected chi connectivity index (χ3v) is 3.70. The van der Waals surface area contributed by atoms with Crippen molar-refractivity contribution < 1.29 is 0 Å². The van der Waals surface area contributed by atoms with Crippen LogP contribution in [0.4, 0.5) is 0 Å². The highest BCUT2D eigenvalue weighted by atomic mass is 15.2. The van der Waals surface area contributed by atoms with Gasteiger partial charge in [-0.1, -0.05) is 26.8 Å². The third kappa shape index (κ3) is 3.32. The molecule has 0 heterocycles. The van der Waals surface area contributed by atoms with Crippen LogP contribution in [0, 0.1) is 0 Å². The summed E-state index contributed by atoms with van der Waals surface area (Å²) in [5, 5.41) is 3.43. The van der Waals surface area contributed by atoms with E-state index in [-0.39, 0.29) is 5.54 Å². The molecule has 0 aliphatic rings. The van der Waals surface area contributed by atoms with Gasteiger partial charge in [-0.2, -0.15) is 0 Å². The van der Waals surface area contributed by atoms with Crippen LogP contribution < -0.4 is 5.32 Å². The fourth-order valence-corrected chi connectivity index (χ4v) is 2.49. The van der Waals surface area contributed by atoms with Gasteiger partial charge in [0, 0.05) is 11.6 Å². The van der Waals surface area contributed by atoms with E-state index in [9.17, 15) is 0 Å². The lowest BCUT2D eigenvalue weighted by Crippen LogP contribution is -2.58. The van der Waals surface area contributed by atoms with Crippen LogP contribution in [0.1, 0.15) is 40.5 Å². The molecule has 0 spiro atoms. The summed E-state index contributed by atoms with van der Waals surface area (Å²) >= 11 is 0. The average Bonchev–Trinajstić information content (AvgIpc) is 2.27. The summed E-state index contributed by atoms with van der Waals surface area (Å²) in [7, 11) is 2.05. The molecule has 2 atom stereocenters. The normalized spacial score (nSPS) is 17.5. The number of hydrogen-bond acceptors (Lipinski definition) is 2. The maximum absolute atomic E-state index is 3.85. The summed E-state index contributed by atoms with van der Waals surface area (Å²) < 4.78 is 0. The smallest absolute Gasteiger partial charge is 0.0334 e. The van der Waals surface area contributed by atoms with Crippen LogP contribution in [0.15, 0.2) is 12.7 Å². The van der Waals surface area contributed by atoms with E-state index in [2.05, 4.69) is 44.5 Å². The van der Waals surface area contributed by atoms with Crippen molar-refractivity contribution in [2.75, 3.05) is 20.1 Å². The van der Waals surface area contributed by atoms with Crippen LogP contribution in [-0.4, -0.2) is 36.6 Å². The summed E-state index contributed by atoms with van der Waals surface area (Å²) in [6.07, 6.45) is 4.20. The van der Waals surface area contributed by atoms with E-state index < -0.39 is 0 Å². The number of likely N-dealkylation sites (N-methyl/N-ethyl adjacent to an activating group) is 2. The monoisotopic (exact) mass is 212 g/mol. The zero-order valence-corrected chi connectivity index (χ0v) is 11.1. The molecule has 0 aliphatic heterocycles. The van der Waals surface area contributed by atoms with Gasteiger partial charge in [0.1, 0.15) is 0 Å². The van der Waals surface area contributed by atoms with Crippen LogP contribution >= 0.6 is 0 Å². The third-order valence-electron chi connectivity index (χ3n) is 3.70. The molecule has 0 aromatic rings. The standard InChI is InChI=1S/C13H28N2/c1-7-11-12(14-6)13(5,8-2)15(9-3)10-4/h7,12,14H,1,8-11H2,2-6H3. The molecule has 0 amide bonds. The minimum atomic E-state index is 0.229. The largest absolute Gasteiger partial charge is 0.315 e. The van der Waals surface area contributed by atoms with E-state index in [0.717, 1.165) is 25.9 Å². The molecule has 0 rings (SSSR count). The Kier molecular flexibility index (Phi) is 6.86. The number of nitrogens with one attached hydrogen (secondary N) is 1. The molecule has 2 nitrogen and oxygen atoms in total. The van der Waals surface area contributed by atoms with Crippen molar-refractivity contribution in [3.05, 3.63) is 12.7 Å². The fraction of sp³-hybridized carbons (Fsp3) is 0.846. The SMILES string of the molecule is C=CCC(NC)C(C)(CC)N(CC)CC. The summed E-state index contributed by atoms with van der Waals surface area (Å²) in [6, 6.07) is 0.486. The number of nitrogens with zero attached hydrogens (tertiary/aromatic N) is 1. The highest BCUT2D eigenvalue weighted by Crippen LogP contribution is 2.25. The maximum Gasteiger partial charge on any atom is 0.0334 e. The van der Waals surface area contributed by atoms with Gasteiger partial charge in [-0.05, 0) is 39.9 Å². The topological polar surface area (TPSA) is 15.3 Å². The molecule has 0 saturated carbocycles. The first-order chi connectivity index (χ1) is 7.10. The predicted molar refractivity (Wildman–Crippen MR) is 69.3 cm³/mol. The summed E-state index contributed by atoms with van der Waals surface area (Å²) in [4.78, 5) is 2.54. The van der Waals surface area contributed by atoms with Crippen molar-refractivity contribution in [1.29, 1.82) is 0 Å². The van der Waals surface area contributed by atoms with Crippen molar-refractivity contribution in [2.24, 2.45) is 0 Å². The van der Waals surface area contributed by atoms with Gasteiger partial charge >= 0.3 is 0 Å². The minimum absolute atomic E-state index is 0.229. The van der Waals surface area contributed by atoms with Gasteiger partial charge in [0.15, 0.2) is 0 Å². The van der Waals surface area contributed by atoms with Crippen molar-refractivity contribution in [2.45, 2.75) is 52.1 Å². The molecular weight excluding hydrogens is 184 g/mol. The molecular formula is C13H28N2. The second kappa shape index (κ2) is 7.02. The van der Waals surface area contributed by atoms with Crippen LogP contribution in [-0.2, 0) is 0 Å². The van der Waals surface area contributed by atoms with Crippen molar-refractivity contribution >= 4 is 0 Å². The molecule has 0 saturated heterocycles. The van der Waals surface area contributed by atoms with Crippen molar-refractivity contribution in [3.8, 4) is 0 Å². The van der Waals surface area contributed by atoms with Crippen LogP contribution in [0.5, 0.6) is 0 Å². The zero-order chi connectivity index (χ0) is 11.9. The zero-order valence-electron chi connectivity index (χ0n) is 11.1. The van der Waals surface area contributed by atoms with Gasteiger partial charge in [-0.25, -0.2) is 0 Å². The van der Waals surface area contributed by atoms with E-state index in [0.29, 0.717) is 6.04 Å². The van der Waals surface area contributed by atoms with E-state index >= 15 is 0 Å². The summed E-state index contributed by atoms with van der Waals surface area (Å²) in [5.41, 5.74) is 0.229. The molecule has 15 heavy (non-hydrogen) atoms. The second-order valence-electron chi connectivity index (χ2n) is 4.25. The lowest BCUT2D eigenvalue weighted by atomic mass is 9.85. The molecule has 2 unspecified atom stereocenters.